The summed E-state index contributed by atoms with van der Waals surface area (Å²) in [6.45, 7) is 7.86. The van der Waals surface area contributed by atoms with Crippen molar-refractivity contribution in [3.63, 3.8) is 0 Å². The molecule has 9 heteroatoms. The molecule has 1 aromatic carbocycles. The average molecular weight is 489 g/mol. The highest BCUT2D eigenvalue weighted by Gasteiger charge is 2.53. The van der Waals surface area contributed by atoms with Crippen LogP contribution in [0.5, 0.6) is 0 Å². The van der Waals surface area contributed by atoms with Crippen molar-refractivity contribution in [3.05, 3.63) is 42.2 Å². The van der Waals surface area contributed by atoms with Gasteiger partial charge >= 0.3 is 0 Å². The van der Waals surface area contributed by atoms with Gasteiger partial charge < -0.3 is 16.0 Å². The summed E-state index contributed by atoms with van der Waals surface area (Å²) < 4.78 is 27.7. The van der Waals surface area contributed by atoms with Crippen LogP contribution in [0.3, 0.4) is 0 Å². The first-order valence-electron chi connectivity index (χ1n) is 12.2. The molecule has 1 aromatic rings. The molecule has 186 valence electrons. The Bertz CT molecular complexity index is 1060. The summed E-state index contributed by atoms with van der Waals surface area (Å²) in [6, 6.07) is 5.32. The topological polar surface area (TPSA) is 108 Å². The number of rotatable bonds is 6. The smallest absolute Gasteiger partial charge is 0.264 e. The predicted octanol–water partition coefficient (Wildman–Crippen LogP) is 2.41. The van der Waals surface area contributed by atoms with Crippen LogP contribution in [0.1, 0.15) is 57.9 Å². The third-order valence-electron chi connectivity index (χ3n) is 7.92. The molecule has 1 aliphatic carbocycles. The second kappa shape index (κ2) is 9.34. The molecule has 3 N–H and O–H groups in total. The molecule has 1 saturated carbocycles. The SMILES string of the molecule is Cc1ccc(S(=O)(=O)N2C=CNC(=O)[C@H]2CC(=O)N[C@]2(C3CCCC3)CCNCC2(C)C)cc1. The third-order valence-corrected chi connectivity index (χ3v) is 9.72. The maximum Gasteiger partial charge on any atom is 0.264 e. The molecule has 8 nitrogen and oxygen atoms in total. The van der Waals surface area contributed by atoms with E-state index >= 15 is 0 Å². The van der Waals surface area contributed by atoms with Gasteiger partial charge in [0.05, 0.1) is 16.9 Å². The summed E-state index contributed by atoms with van der Waals surface area (Å²) in [5.74, 6) is -0.421. The van der Waals surface area contributed by atoms with Crippen LogP contribution < -0.4 is 16.0 Å². The van der Waals surface area contributed by atoms with Gasteiger partial charge in [-0.05, 0) is 50.8 Å². The van der Waals surface area contributed by atoms with Crippen molar-refractivity contribution < 1.29 is 18.0 Å². The van der Waals surface area contributed by atoms with E-state index in [1.54, 1.807) is 12.1 Å². The number of hydrogen-bond donors (Lipinski definition) is 3. The summed E-state index contributed by atoms with van der Waals surface area (Å²) in [4.78, 5) is 26.3. The molecule has 1 saturated heterocycles. The van der Waals surface area contributed by atoms with Gasteiger partial charge in [-0.25, -0.2) is 8.42 Å². The van der Waals surface area contributed by atoms with Crippen molar-refractivity contribution in [3.8, 4) is 0 Å². The molecule has 2 heterocycles. The highest BCUT2D eigenvalue weighted by atomic mass is 32.2. The summed E-state index contributed by atoms with van der Waals surface area (Å²) in [6.07, 6.45) is 7.68. The van der Waals surface area contributed by atoms with E-state index < -0.39 is 22.0 Å². The molecule has 0 bridgehead atoms. The van der Waals surface area contributed by atoms with E-state index in [9.17, 15) is 18.0 Å². The number of nitrogens with zero attached hydrogens (tertiary/aromatic N) is 1. The lowest BCUT2D eigenvalue weighted by Crippen LogP contribution is -2.68. The molecule has 0 unspecified atom stereocenters. The largest absolute Gasteiger partial charge is 0.350 e. The van der Waals surface area contributed by atoms with Crippen LogP contribution in [0.4, 0.5) is 0 Å². The van der Waals surface area contributed by atoms with Gasteiger partial charge in [-0.1, -0.05) is 44.4 Å². The highest BCUT2D eigenvalue weighted by molar-refractivity contribution is 7.89. The first kappa shape index (κ1) is 24.7. The fraction of sp³-hybridized carbons (Fsp3) is 0.600. The molecule has 2 fully saturated rings. The zero-order valence-electron chi connectivity index (χ0n) is 20.3. The van der Waals surface area contributed by atoms with Crippen molar-refractivity contribution in [2.24, 2.45) is 11.3 Å². The second-order valence-corrected chi connectivity index (χ2v) is 12.3. The number of piperidine rings is 1. The third kappa shape index (κ3) is 4.47. The van der Waals surface area contributed by atoms with Crippen LogP contribution in [-0.4, -0.2) is 49.2 Å². The number of amides is 2. The van der Waals surface area contributed by atoms with Gasteiger partial charge in [0, 0.05) is 24.4 Å². The lowest BCUT2D eigenvalue weighted by Gasteiger charge is -2.54. The van der Waals surface area contributed by atoms with E-state index in [2.05, 4.69) is 29.8 Å². The van der Waals surface area contributed by atoms with Gasteiger partial charge in [-0.3, -0.25) is 13.9 Å². The highest BCUT2D eigenvalue weighted by Crippen LogP contribution is 2.47. The molecule has 0 spiro atoms. The van der Waals surface area contributed by atoms with E-state index in [0.29, 0.717) is 5.92 Å². The van der Waals surface area contributed by atoms with Gasteiger partial charge in [0.1, 0.15) is 6.04 Å². The summed E-state index contributed by atoms with van der Waals surface area (Å²) in [5, 5.41) is 9.37. The minimum absolute atomic E-state index is 0.0878. The Morgan fingerprint density at radius 3 is 2.50 bits per heavy atom. The number of sulfonamides is 1. The number of carbonyl (C=O) groups excluding carboxylic acids is 2. The van der Waals surface area contributed by atoms with Gasteiger partial charge in [0.25, 0.3) is 10.0 Å². The van der Waals surface area contributed by atoms with Gasteiger partial charge in [0.15, 0.2) is 0 Å². The number of aryl methyl sites for hydroxylation is 1. The van der Waals surface area contributed by atoms with Crippen LogP contribution in [0.2, 0.25) is 0 Å². The molecule has 2 aliphatic heterocycles. The van der Waals surface area contributed by atoms with E-state index in [1.165, 1.54) is 24.5 Å². The van der Waals surface area contributed by atoms with Crippen LogP contribution in [0.15, 0.2) is 41.6 Å². The Morgan fingerprint density at radius 1 is 1.18 bits per heavy atom. The maximum absolute atomic E-state index is 13.5. The molecule has 4 rings (SSSR count). The fourth-order valence-electron chi connectivity index (χ4n) is 5.94. The Labute approximate surface area is 202 Å². The van der Waals surface area contributed by atoms with Gasteiger partial charge in [-0.15, -0.1) is 0 Å². The summed E-state index contributed by atoms with van der Waals surface area (Å²) in [7, 11) is -4.00. The zero-order chi connectivity index (χ0) is 24.6. The lowest BCUT2D eigenvalue weighted by atomic mass is 9.61. The molecule has 34 heavy (non-hydrogen) atoms. The van der Waals surface area contributed by atoms with Crippen molar-refractivity contribution in [1.82, 2.24) is 20.3 Å². The van der Waals surface area contributed by atoms with Crippen LogP contribution >= 0.6 is 0 Å². The summed E-state index contributed by atoms with van der Waals surface area (Å²) in [5.41, 5.74) is 0.384. The average Bonchev–Trinajstić information content (AvgIpc) is 3.32. The van der Waals surface area contributed by atoms with Crippen molar-refractivity contribution in [2.75, 3.05) is 13.1 Å². The van der Waals surface area contributed by atoms with E-state index in [-0.39, 0.29) is 28.2 Å². The van der Waals surface area contributed by atoms with Gasteiger partial charge in [0.2, 0.25) is 11.8 Å². The van der Waals surface area contributed by atoms with Gasteiger partial charge in [-0.2, -0.15) is 0 Å². The first-order valence-corrected chi connectivity index (χ1v) is 13.6. The number of benzene rings is 1. The Morgan fingerprint density at radius 2 is 1.85 bits per heavy atom. The number of carbonyl (C=O) groups is 2. The maximum atomic E-state index is 13.5. The first-order chi connectivity index (χ1) is 16.1. The van der Waals surface area contributed by atoms with Crippen molar-refractivity contribution in [1.29, 1.82) is 0 Å². The Balaban J connectivity index is 1.59. The predicted molar refractivity (Wildman–Crippen MR) is 130 cm³/mol. The molecule has 2 atom stereocenters. The Kier molecular flexibility index (Phi) is 6.79. The minimum Gasteiger partial charge on any atom is -0.350 e. The lowest BCUT2D eigenvalue weighted by molar-refractivity contribution is -0.132. The van der Waals surface area contributed by atoms with E-state index in [1.807, 2.05) is 6.92 Å². The number of nitrogens with one attached hydrogen (secondary N) is 3. The van der Waals surface area contributed by atoms with Crippen molar-refractivity contribution >= 4 is 21.8 Å². The van der Waals surface area contributed by atoms with Crippen LogP contribution in [0.25, 0.3) is 0 Å². The second-order valence-electron chi connectivity index (χ2n) is 10.5. The van der Waals surface area contributed by atoms with Crippen LogP contribution in [-0.2, 0) is 19.6 Å². The minimum atomic E-state index is -4.00. The molecular formula is C25H36N4O4S. The molecule has 0 aromatic heterocycles. The van der Waals surface area contributed by atoms with Crippen LogP contribution in [0, 0.1) is 18.3 Å². The molecular weight excluding hydrogens is 452 g/mol. The quantitative estimate of drug-likeness (QED) is 0.570. The molecule has 0 radical (unpaired) electrons. The normalized spacial score (nSPS) is 27.4. The van der Waals surface area contributed by atoms with Crippen molar-refractivity contribution in [2.45, 2.75) is 75.8 Å². The number of hydrogen-bond acceptors (Lipinski definition) is 5. The standard InChI is InChI=1S/C25H36N4O4S/c1-18-8-10-20(11-9-18)34(32,33)29-15-14-27-23(31)21(29)16-22(30)28-25(19-6-4-5-7-19)12-13-26-17-24(25,2)3/h8-11,14-15,19,21,26H,4-7,12-13,16-17H2,1-3H3,(H,27,31)(H,28,30)/t21-,25+/m1/s1. The fourth-order valence-corrected chi connectivity index (χ4v) is 7.39. The van der Waals surface area contributed by atoms with E-state index in [4.69, 9.17) is 0 Å². The summed E-state index contributed by atoms with van der Waals surface area (Å²) >= 11 is 0. The monoisotopic (exact) mass is 488 g/mol. The Hall–Kier alpha value is -2.39. The molecule has 2 amide bonds. The zero-order valence-corrected chi connectivity index (χ0v) is 21.1. The molecule has 3 aliphatic rings. The van der Waals surface area contributed by atoms with E-state index in [0.717, 1.165) is 55.1 Å².